The van der Waals surface area contributed by atoms with E-state index in [2.05, 4.69) is 21.0 Å². The van der Waals surface area contributed by atoms with Crippen molar-refractivity contribution in [2.75, 3.05) is 13.6 Å². The zero-order valence-electron chi connectivity index (χ0n) is 15.9. The molecular weight excluding hydrogens is 360 g/mol. The summed E-state index contributed by atoms with van der Waals surface area (Å²) in [6.07, 6.45) is 7.84. The summed E-state index contributed by atoms with van der Waals surface area (Å²) in [5.74, 6) is 0.223. The van der Waals surface area contributed by atoms with E-state index in [0.717, 1.165) is 5.69 Å². The number of carbonyl (C=O) groups excluding carboxylic acids is 2. The van der Waals surface area contributed by atoms with Gasteiger partial charge in [0.05, 0.1) is 11.4 Å². The molecule has 2 heterocycles. The molecule has 1 aromatic rings. The molecule has 1 fully saturated rings. The first-order valence-electron chi connectivity index (χ1n) is 9.06. The summed E-state index contributed by atoms with van der Waals surface area (Å²) >= 11 is 0. The number of ether oxygens (including phenoxy) is 1. The van der Waals surface area contributed by atoms with Crippen LogP contribution in [0.1, 0.15) is 18.5 Å². The molecule has 2 aliphatic rings. The Morgan fingerprint density at radius 2 is 2.29 bits per heavy atom. The van der Waals surface area contributed by atoms with Crippen molar-refractivity contribution in [1.29, 1.82) is 5.41 Å². The summed E-state index contributed by atoms with van der Waals surface area (Å²) in [6, 6.07) is 1.80. The van der Waals surface area contributed by atoms with E-state index in [4.69, 9.17) is 10.1 Å². The van der Waals surface area contributed by atoms with Crippen LogP contribution < -0.4 is 16.0 Å². The van der Waals surface area contributed by atoms with Crippen LogP contribution in [-0.4, -0.2) is 46.9 Å². The molecule has 1 unspecified atom stereocenters. The second-order valence-corrected chi connectivity index (χ2v) is 6.58. The fourth-order valence-electron chi connectivity index (χ4n) is 3.03. The maximum absolute atomic E-state index is 12.6. The number of nitrogens with zero attached hydrogens (tertiary/aromatic N) is 2. The van der Waals surface area contributed by atoms with Crippen molar-refractivity contribution in [3.63, 3.8) is 0 Å². The Hall–Kier alpha value is -3.36. The highest BCUT2D eigenvalue weighted by molar-refractivity contribution is 6.14. The lowest BCUT2D eigenvalue weighted by molar-refractivity contribution is -0.120. The number of hydrogen-bond acceptors (Lipinski definition) is 6. The smallest absolute Gasteiger partial charge is 0.268 e. The minimum absolute atomic E-state index is 0.00350. The van der Waals surface area contributed by atoms with E-state index in [1.54, 1.807) is 36.2 Å². The van der Waals surface area contributed by atoms with E-state index in [1.165, 1.54) is 0 Å². The Morgan fingerprint density at radius 3 is 2.93 bits per heavy atom. The molecule has 1 aliphatic carbocycles. The third-order valence-electron chi connectivity index (χ3n) is 4.64. The van der Waals surface area contributed by atoms with E-state index in [-0.39, 0.29) is 29.3 Å². The average Bonchev–Trinajstić information content (AvgIpc) is 3.28. The van der Waals surface area contributed by atoms with Gasteiger partial charge in [-0.25, -0.2) is 0 Å². The molecule has 148 valence electrons. The third kappa shape index (κ3) is 4.48. The van der Waals surface area contributed by atoms with Gasteiger partial charge in [-0.05, 0) is 30.7 Å². The first-order chi connectivity index (χ1) is 13.5. The molecule has 2 amide bonds. The number of likely N-dealkylation sites (N-methyl/N-ethyl adjacent to an activating group) is 1. The number of hydrogen-bond donors (Lipinski definition) is 4. The summed E-state index contributed by atoms with van der Waals surface area (Å²) in [4.78, 5) is 23.9. The average molecular weight is 384 g/mol. The van der Waals surface area contributed by atoms with Crippen LogP contribution >= 0.6 is 0 Å². The monoisotopic (exact) mass is 384 g/mol. The number of carbonyl (C=O) groups is 2. The Balaban J connectivity index is 1.69. The quantitative estimate of drug-likeness (QED) is 0.503. The summed E-state index contributed by atoms with van der Waals surface area (Å²) in [6.45, 7) is 0.676. The van der Waals surface area contributed by atoms with Crippen molar-refractivity contribution < 1.29 is 14.3 Å². The van der Waals surface area contributed by atoms with Crippen molar-refractivity contribution in [1.82, 2.24) is 25.7 Å². The number of amides is 2. The first kappa shape index (κ1) is 19.4. The lowest BCUT2D eigenvalue weighted by atomic mass is 10.0. The Morgan fingerprint density at radius 1 is 1.46 bits per heavy atom. The minimum Gasteiger partial charge on any atom is -0.487 e. The zero-order chi connectivity index (χ0) is 20.1. The Kier molecular flexibility index (Phi) is 5.93. The lowest BCUT2D eigenvalue weighted by Crippen LogP contribution is -2.41. The molecule has 28 heavy (non-hydrogen) atoms. The maximum atomic E-state index is 12.6. The van der Waals surface area contributed by atoms with E-state index in [1.807, 2.05) is 13.1 Å². The Bertz CT molecular complexity index is 880. The van der Waals surface area contributed by atoms with Crippen LogP contribution in [0.5, 0.6) is 0 Å². The van der Waals surface area contributed by atoms with Crippen LogP contribution in [0, 0.1) is 5.41 Å². The second-order valence-electron chi connectivity index (χ2n) is 6.58. The summed E-state index contributed by atoms with van der Waals surface area (Å²) < 4.78 is 7.51. The normalized spacial score (nSPS) is 20.5. The predicted molar refractivity (Wildman–Crippen MR) is 103 cm³/mol. The van der Waals surface area contributed by atoms with Crippen LogP contribution in [0.25, 0.3) is 0 Å². The topological polar surface area (TPSA) is 121 Å². The molecule has 1 aromatic heterocycles. The molecule has 4 N–H and O–H groups in total. The van der Waals surface area contributed by atoms with Gasteiger partial charge in [-0.2, -0.15) is 5.10 Å². The van der Waals surface area contributed by atoms with Gasteiger partial charge in [0.15, 0.2) is 0 Å². The molecule has 0 saturated carbocycles. The van der Waals surface area contributed by atoms with Crippen LogP contribution in [0.4, 0.5) is 0 Å². The molecule has 1 atom stereocenters. The third-order valence-corrected chi connectivity index (χ3v) is 4.64. The van der Waals surface area contributed by atoms with Gasteiger partial charge < -0.3 is 26.1 Å². The highest BCUT2D eigenvalue weighted by Gasteiger charge is 2.23. The van der Waals surface area contributed by atoms with Crippen LogP contribution in [0.3, 0.4) is 0 Å². The van der Waals surface area contributed by atoms with E-state index < -0.39 is 0 Å². The molecule has 0 bridgehead atoms. The molecular formula is C19H24N6O3. The van der Waals surface area contributed by atoms with Gasteiger partial charge in [-0.1, -0.05) is 0 Å². The maximum Gasteiger partial charge on any atom is 0.268 e. The highest BCUT2D eigenvalue weighted by Crippen LogP contribution is 2.18. The van der Waals surface area contributed by atoms with Crippen LogP contribution in [-0.2, 0) is 28.0 Å². The van der Waals surface area contributed by atoms with Crippen molar-refractivity contribution in [2.45, 2.75) is 25.5 Å². The molecule has 3 rings (SSSR count). The van der Waals surface area contributed by atoms with E-state index in [0.29, 0.717) is 37.3 Å². The van der Waals surface area contributed by atoms with Gasteiger partial charge >= 0.3 is 0 Å². The fourth-order valence-corrected chi connectivity index (χ4v) is 3.03. The molecule has 9 heteroatoms. The minimum atomic E-state index is -0.332. The number of rotatable bonds is 7. The highest BCUT2D eigenvalue weighted by atomic mass is 16.5. The summed E-state index contributed by atoms with van der Waals surface area (Å²) in [7, 11) is 3.47. The van der Waals surface area contributed by atoms with Gasteiger partial charge in [-0.3, -0.25) is 14.3 Å². The second kappa shape index (κ2) is 8.55. The van der Waals surface area contributed by atoms with Crippen LogP contribution in [0.2, 0.25) is 0 Å². The SMILES string of the molecule is CN/C(C(=O)NCC1CCC(=O)N1)=C1/C=C(OCc2ccnn2C)C=CC1=N. The number of aromatic nitrogens is 2. The number of aryl methyl sites for hydroxylation is 1. The molecule has 0 radical (unpaired) electrons. The van der Waals surface area contributed by atoms with Gasteiger partial charge in [-0.15, -0.1) is 0 Å². The molecule has 0 spiro atoms. The van der Waals surface area contributed by atoms with E-state index in [9.17, 15) is 9.59 Å². The van der Waals surface area contributed by atoms with Crippen molar-refractivity contribution in [3.8, 4) is 0 Å². The largest absolute Gasteiger partial charge is 0.487 e. The van der Waals surface area contributed by atoms with Gasteiger partial charge in [0, 0.05) is 44.9 Å². The van der Waals surface area contributed by atoms with Gasteiger partial charge in [0.2, 0.25) is 5.91 Å². The van der Waals surface area contributed by atoms with Crippen LogP contribution in [0.15, 0.2) is 47.5 Å². The number of nitrogens with one attached hydrogen (secondary N) is 4. The predicted octanol–water partition coefficient (Wildman–Crippen LogP) is 0.278. The van der Waals surface area contributed by atoms with Gasteiger partial charge in [0.1, 0.15) is 18.1 Å². The molecule has 1 saturated heterocycles. The lowest BCUT2D eigenvalue weighted by Gasteiger charge is -2.18. The first-order valence-corrected chi connectivity index (χ1v) is 9.06. The molecule has 1 aliphatic heterocycles. The fraction of sp³-hybridized carbons (Fsp3) is 0.368. The van der Waals surface area contributed by atoms with E-state index >= 15 is 0 Å². The van der Waals surface area contributed by atoms with Crippen molar-refractivity contribution in [3.05, 3.63) is 53.2 Å². The standard InChI is InChI=1S/C19H24N6O3/c1-21-18(19(27)22-10-12-3-6-17(26)24-12)15-9-14(4-5-16(15)20)28-11-13-7-8-23-25(13)2/h4-5,7-9,12,20-21H,3,6,10-11H2,1-2H3,(H,22,27)(H,24,26)/b18-15-,20-16?. The van der Waals surface area contributed by atoms with Crippen molar-refractivity contribution in [2.24, 2.45) is 7.05 Å². The summed E-state index contributed by atoms with van der Waals surface area (Å²) in [5.41, 5.74) is 1.84. The molecule has 0 aromatic carbocycles. The molecule has 9 nitrogen and oxygen atoms in total. The number of allylic oxidation sites excluding steroid dienone is 4. The Labute approximate surface area is 163 Å². The van der Waals surface area contributed by atoms with Gasteiger partial charge in [0.25, 0.3) is 5.91 Å². The van der Waals surface area contributed by atoms with Crippen molar-refractivity contribution >= 4 is 17.5 Å². The zero-order valence-corrected chi connectivity index (χ0v) is 15.9. The summed E-state index contributed by atoms with van der Waals surface area (Å²) in [5, 5.41) is 20.8.